The molecule has 4 aromatic rings. The predicted octanol–water partition coefficient (Wildman–Crippen LogP) is 3.02. The zero-order valence-electron chi connectivity index (χ0n) is 21.1. The minimum atomic E-state index is -0.363. The molecule has 1 aromatic carbocycles. The molecule has 2 aliphatic rings. The summed E-state index contributed by atoms with van der Waals surface area (Å²) in [5.41, 5.74) is 3.91. The first-order chi connectivity index (χ1) is 17.9. The third-order valence-corrected chi connectivity index (χ3v) is 7.30. The molecule has 1 amide bonds. The van der Waals surface area contributed by atoms with Crippen molar-refractivity contribution in [1.29, 1.82) is 0 Å². The van der Waals surface area contributed by atoms with Crippen molar-refractivity contribution in [3.05, 3.63) is 72.2 Å². The van der Waals surface area contributed by atoms with Gasteiger partial charge in [-0.2, -0.15) is 5.10 Å². The maximum absolute atomic E-state index is 14.1. The predicted molar refractivity (Wildman–Crippen MR) is 138 cm³/mol. The lowest BCUT2D eigenvalue weighted by Gasteiger charge is -2.45. The average molecular weight is 502 g/mol. The molecular weight excluding hydrogens is 471 g/mol. The molecule has 4 heterocycles. The van der Waals surface area contributed by atoms with Gasteiger partial charge in [-0.25, -0.2) is 14.4 Å². The van der Waals surface area contributed by atoms with Crippen LogP contribution in [0.1, 0.15) is 28.8 Å². The summed E-state index contributed by atoms with van der Waals surface area (Å²) >= 11 is 0. The van der Waals surface area contributed by atoms with Crippen LogP contribution < -0.4 is 0 Å². The van der Waals surface area contributed by atoms with Crippen LogP contribution in [-0.4, -0.2) is 91.7 Å². The highest BCUT2D eigenvalue weighted by Crippen LogP contribution is 2.36. The van der Waals surface area contributed by atoms with Crippen molar-refractivity contribution in [2.45, 2.75) is 25.4 Å². The normalized spacial score (nSPS) is 17.6. The number of amides is 1. The highest BCUT2D eigenvalue weighted by Gasteiger charge is 2.38. The molecule has 1 N–H and O–H groups in total. The summed E-state index contributed by atoms with van der Waals surface area (Å²) in [6.45, 7) is 3.53. The van der Waals surface area contributed by atoms with Gasteiger partial charge in [-0.3, -0.25) is 14.4 Å². The standard InChI is InChI=1S/C27H30FN8O/c1-33(2)15-18-9-19(11-21(28)10-18)27(37)35-7-5-34(6-8-35)22-12-23(13-22)36-16-20(14-32-36)25-24-3-4-29-26(24)31-17-30-25/h3-4,9-11,14,16-17,22H,5-8,12-13,15H2,1-2H3,(H,29,30,31). The van der Waals surface area contributed by atoms with E-state index in [1.54, 1.807) is 6.33 Å². The Morgan fingerprint density at radius 1 is 1.14 bits per heavy atom. The summed E-state index contributed by atoms with van der Waals surface area (Å²) in [6.07, 6.45) is 9.24. The number of piperazine rings is 1. The Morgan fingerprint density at radius 3 is 2.73 bits per heavy atom. The fourth-order valence-electron chi connectivity index (χ4n) is 5.35. The van der Waals surface area contributed by atoms with Crippen LogP contribution in [0.4, 0.5) is 4.39 Å². The van der Waals surface area contributed by atoms with E-state index in [1.165, 1.54) is 18.2 Å². The van der Waals surface area contributed by atoms with Crippen LogP contribution in [0, 0.1) is 11.9 Å². The molecule has 0 bridgehead atoms. The van der Waals surface area contributed by atoms with Crippen molar-refractivity contribution in [2.75, 3.05) is 40.3 Å². The number of H-pyrrole nitrogens is 1. The molecule has 10 heteroatoms. The van der Waals surface area contributed by atoms with Gasteiger partial charge in [0.05, 0.1) is 17.9 Å². The van der Waals surface area contributed by atoms with Crippen molar-refractivity contribution < 1.29 is 9.18 Å². The second kappa shape index (κ2) is 9.68. The van der Waals surface area contributed by atoms with Gasteiger partial charge in [-0.15, -0.1) is 0 Å². The molecule has 1 radical (unpaired) electrons. The third kappa shape index (κ3) is 4.74. The monoisotopic (exact) mass is 501 g/mol. The van der Waals surface area contributed by atoms with Crippen LogP contribution in [0.2, 0.25) is 0 Å². The van der Waals surface area contributed by atoms with Crippen molar-refractivity contribution in [3.8, 4) is 11.3 Å². The molecule has 0 spiro atoms. The Morgan fingerprint density at radius 2 is 1.95 bits per heavy atom. The molecule has 37 heavy (non-hydrogen) atoms. The van der Waals surface area contributed by atoms with Crippen LogP contribution in [0.25, 0.3) is 22.3 Å². The number of rotatable bonds is 6. The molecule has 1 aliphatic heterocycles. The SMILES string of the molecule is CN(C)Cc1cc(F)cc(C(=O)N2CCN(C3C[C](n4cc(-c5ncnc6[nH]ccc56)cn4)C3)CC2)c1. The van der Waals surface area contributed by atoms with Gasteiger partial charge < -0.3 is 14.8 Å². The van der Waals surface area contributed by atoms with Gasteiger partial charge in [-0.1, -0.05) is 0 Å². The summed E-state index contributed by atoms with van der Waals surface area (Å²) in [5, 5.41) is 5.57. The van der Waals surface area contributed by atoms with E-state index in [0.29, 0.717) is 31.2 Å². The van der Waals surface area contributed by atoms with Gasteiger partial charge in [0.15, 0.2) is 0 Å². The smallest absolute Gasteiger partial charge is 0.254 e. The van der Waals surface area contributed by atoms with Crippen LogP contribution >= 0.6 is 0 Å². The highest BCUT2D eigenvalue weighted by atomic mass is 19.1. The first-order valence-electron chi connectivity index (χ1n) is 12.6. The number of fused-ring (bicyclic) bond motifs is 1. The summed E-state index contributed by atoms with van der Waals surface area (Å²) in [4.78, 5) is 31.2. The second-order valence-corrected chi connectivity index (χ2v) is 10.2. The number of hydrogen-bond acceptors (Lipinski definition) is 6. The molecule has 1 aliphatic carbocycles. The van der Waals surface area contributed by atoms with Gasteiger partial charge in [0, 0.05) is 67.7 Å². The zero-order chi connectivity index (χ0) is 25.5. The van der Waals surface area contributed by atoms with Crippen LogP contribution in [0.15, 0.2) is 49.2 Å². The quantitative estimate of drug-likeness (QED) is 0.437. The Labute approximate surface area is 214 Å². The number of carbonyl (C=O) groups is 1. The molecular formula is C27H30FN8O. The van der Waals surface area contributed by atoms with Crippen LogP contribution in [0.5, 0.6) is 0 Å². The van der Waals surface area contributed by atoms with E-state index in [4.69, 9.17) is 0 Å². The van der Waals surface area contributed by atoms with E-state index in [0.717, 1.165) is 53.8 Å². The first kappa shape index (κ1) is 23.7. The fourth-order valence-corrected chi connectivity index (χ4v) is 5.35. The maximum Gasteiger partial charge on any atom is 0.254 e. The average Bonchev–Trinajstić information content (AvgIpc) is 3.52. The number of nitrogens with zero attached hydrogens (tertiary/aromatic N) is 7. The van der Waals surface area contributed by atoms with Crippen molar-refractivity contribution >= 4 is 16.9 Å². The number of hydrogen-bond donors (Lipinski definition) is 1. The van der Waals surface area contributed by atoms with Gasteiger partial charge in [-0.05, 0) is 56.8 Å². The third-order valence-electron chi connectivity index (χ3n) is 7.30. The van der Waals surface area contributed by atoms with Gasteiger partial charge in [0.2, 0.25) is 0 Å². The molecule has 1 saturated heterocycles. The highest BCUT2D eigenvalue weighted by molar-refractivity contribution is 5.94. The summed E-state index contributed by atoms with van der Waals surface area (Å²) < 4.78 is 16.1. The number of benzene rings is 1. The summed E-state index contributed by atoms with van der Waals surface area (Å²) in [7, 11) is 3.86. The Balaban J connectivity index is 1.04. The molecule has 191 valence electrons. The van der Waals surface area contributed by atoms with E-state index < -0.39 is 0 Å². The lowest BCUT2D eigenvalue weighted by molar-refractivity contribution is 0.0471. The minimum Gasteiger partial charge on any atom is -0.346 e. The number of aromatic nitrogens is 5. The molecule has 9 nitrogen and oxygen atoms in total. The number of aromatic amines is 1. The summed E-state index contributed by atoms with van der Waals surface area (Å²) in [6, 6.07) is 8.37. The molecule has 2 fully saturated rings. The van der Waals surface area contributed by atoms with Crippen LogP contribution in [0.3, 0.4) is 0 Å². The van der Waals surface area contributed by atoms with Gasteiger partial charge >= 0.3 is 0 Å². The van der Waals surface area contributed by atoms with E-state index in [-0.39, 0.29) is 11.7 Å². The molecule has 0 unspecified atom stereocenters. The Kier molecular flexibility index (Phi) is 6.21. The lowest BCUT2D eigenvalue weighted by atomic mass is 9.85. The van der Waals surface area contributed by atoms with Crippen LogP contribution in [-0.2, 0) is 6.54 Å². The van der Waals surface area contributed by atoms with Gasteiger partial charge in [0.25, 0.3) is 5.91 Å². The second-order valence-electron chi connectivity index (χ2n) is 10.2. The number of carbonyl (C=O) groups excluding carboxylic acids is 1. The topological polar surface area (TPSA) is 86.2 Å². The fraction of sp³-hybridized carbons (Fsp3) is 0.370. The largest absolute Gasteiger partial charge is 0.346 e. The van der Waals surface area contributed by atoms with Gasteiger partial charge in [0.1, 0.15) is 17.8 Å². The number of nitrogens with one attached hydrogen (secondary N) is 1. The Bertz CT molecular complexity index is 1410. The maximum atomic E-state index is 14.1. The molecule has 3 aromatic heterocycles. The van der Waals surface area contributed by atoms with Crippen molar-refractivity contribution in [3.63, 3.8) is 0 Å². The molecule has 6 rings (SSSR count). The number of halogens is 1. The molecule has 1 saturated carbocycles. The minimum absolute atomic E-state index is 0.0923. The molecule has 0 atom stereocenters. The van der Waals surface area contributed by atoms with E-state index in [9.17, 15) is 9.18 Å². The van der Waals surface area contributed by atoms with E-state index in [1.807, 2.05) is 59.3 Å². The summed E-state index contributed by atoms with van der Waals surface area (Å²) in [5.74, 6) is -0.455. The zero-order valence-corrected chi connectivity index (χ0v) is 21.1. The van der Waals surface area contributed by atoms with E-state index >= 15 is 0 Å². The Hall–Kier alpha value is -3.63. The first-order valence-corrected chi connectivity index (χ1v) is 12.6. The van der Waals surface area contributed by atoms with E-state index in [2.05, 4.69) is 25.0 Å². The lowest BCUT2D eigenvalue weighted by Crippen LogP contribution is -2.55. The van der Waals surface area contributed by atoms with Crippen molar-refractivity contribution in [2.24, 2.45) is 0 Å². The van der Waals surface area contributed by atoms with Crippen molar-refractivity contribution in [1.82, 2.24) is 39.4 Å².